The molecule has 0 aromatic heterocycles. The molecular weight excluding hydrogens is 480 g/mol. The maximum Gasteiger partial charge on any atom is 0.305 e. The van der Waals surface area contributed by atoms with Gasteiger partial charge in [-0.25, -0.2) is 0 Å². The Labute approximate surface area is 246 Å². The number of hydrogen-bond donors (Lipinski definition) is 1. The molecule has 0 aliphatic carbocycles. The predicted molar refractivity (Wildman–Crippen MR) is 171 cm³/mol. The average molecular weight is 553 g/mol. The van der Waals surface area contributed by atoms with Gasteiger partial charge < -0.3 is 9.84 Å². The Hall–Kier alpha value is -0.570. The third-order valence-corrected chi connectivity index (χ3v) is 8.24. The molecule has 39 heavy (non-hydrogen) atoms. The maximum atomic E-state index is 12.0. The molecule has 0 saturated heterocycles. The molecule has 0 heterocycles. The van der Waals surface area contributed by atoms with Crippen molar-refractivity contribution in [2.75, 3.05) is 6.61 Å². The molecule has 0 saturated carbocycles. The lowest BCUT2D eigenvalue weighted by Gasteiger charge is -2.11. The van der Waals surface area contributed by atoms with Gasteiger partial charge in [0.2, 0.25) is 0 Å². The van der Waals surface area contributed by atoms with E-state index >= 15 is 0 Å². The molecule has 1 atom stereocenters. The second-order valence-electron chi connectivity index (χ2n) is 12.9. The number of ether oxygens (including phenoxy) is 1. The molecule has 0 amide bonds. The molecule has 0 spiro atoms. The van der Waals surface area contributed by atoms with E-state index in [9.17, 15) is 9.90 Å². The minimum Gasteiger partial charge on any atom is -0.463 e. The molecule has 3 heteroatoms. The van der Waals surface area contributed by atoms with Crippen molar-refractivity contribution >= 4 is 5.97 Å². The fraction of sp³-hybridized carbons (Fsp3) is 0.972. The molecule has 0 aliphatic heterocycles. The van der Waals surface area contributed by atoms with Crippen LogP contribution >= 0.6 is 0 Å². The summed E-state index contributed by atoms with van der Waals surface area (Å²) < 4.78 is 5.30. The Balaban J connectivity index is 3.28. The van der Waals surface area contributed by atoms with Gasteiger partial charge in [0.05, 0.1) is 6.10 Å². The molecule has 0 radical (unpaired) electrons. The third kappa shape index (κ3) is 33.5. The summed E-state index contributed by atoms with van der Waals surface area (Å²) in [6, 6.07) is 0. The van der Waals surface area contributed by atoms with E-state index in [2.05, 4.69) is 20.8 Å². The van der Waals surface area contributed by atoms with E-state index in [1.165, 1.54) is 154 Å². The molecule has 234 valence electrons. The monoisotopic (exact) mass is 553 g/mol. The number of aliphatic hydroxyl groups is 1. The van der Waals surface area contributed by atoms with E-state index in [1.54, 1.807) is 0 Å². The van der Waals surface area contributed by atoms with Crippen LogP contribution in [0.1, 0.15) is 207 Å². The van der Waals surface area contributed by atoms with E-state index in [0.717, 1.165) is 31.6 Å². The number of carbonyl (C=O) groups excluding carboxylic acids is 1. The van der Waals surface area contributed by atoms with Crippen LogP contribution in [-0.4, -0.2) is 23.8 Å². The minimum absolute atomic E-state index is 0.136. The molecular formula is C36H72O3. The van der Waals surface area contributed by atoms with Gasteiger partial charge >= 0.3 is 5.97 Å². The van der Waals surface area contributed by atoms with Gasteiger partial charge in [-0.2, -0.15) is 0 Å². The molecule has 1 N–H and O–H groups in total. The normalized spacial score (nSPS) is 12.3. The molecule has 0 rings (SSSR count). The summed E-state index contributed by atoms with van der Waals surface area (Å²) in [5.41, 5.74) is 0. The molecule has 0 fully saturated rings. The first-order valence-corrected chi connectivity index (χ1v) is 17.9. The molecule has 0 bridgehead atoms. The van der Waals surface area contributed by atoms with Crippen LogP contribution in [-0.2, 0) is 9.53 Å². The maximum absolute atomic E-state index is 12.0. The lowest BCUT2D eigenvalue weighted by atomic mass is 10.0. The van der Waals surface area contributed by atoms with E-state index in [4.69, 9.17) is 4.74 Å². The summed E-state index contributed by atoms with van der Waals surface area (Å²) in [6.07, 6.45) is 36.6. The van der Waals surface area contributed by atoms with Crippen molar-refractivity contribution in [3.63, 3.8) is 0 Å². The minimum atomic E-state index is -0.494. The number of aliphatic hydroxyl groups excluding tert-OH is 1. The highest BCUT2D eigenvalue weighted by Crippen LogP contribution is 2.16. The second kappa shape index (κ2) is 32.0. The fourth-order valence-corrected chi connectivity index (χ4v) is 5.51. The second-order valence-corrected chi connectivity index (χ2v) is 12.9. The van der Waals surface area contributed by atoms with Crippen LogP contribution in [0.5, 0.6) is 0 Å². The number of hydrogen-bond acceptors (Lipinski definition) is 3. The Morgan fingerprint density at radius 1 is 0.513 bits per heavy atom. The quantitative estimate of drug-likeness (QED) is 0.0666. The summed E-state index contributed by atoms with van der Waals surface area (Å²) in [5.74, 6) is 0.723. The highest BCUT2D eigenvalue weighted by atomic mass is 16.5. The van der Waals surface area contributed by atoms with Gasteiger partial charge in [-0.05, 0) is 18.8 Å². The van der Waals surface area contributed by atoms with Gasteiger partial charge in [0.1, 0.15) is 6.61 Å². The van der Waals surface area contributed by atoms with Gasteiger partial charge in [-0.1, -0.05) is 188 Å². The van der Waals surface area contributed by atoms with Crippen LogP contribution in [0.25, 0.3) is 0 Å². The summed E-state index contributed by atoms with van der Waals surface area (Å²) in [6.45, 7) is 7.09. The smallest absolute Gasteiger partial charge is 0.305 e. The van der Waals surface area contributed by atoms with Crippen molar-refractivity contribution in [1.82, 2.24) is 0 Å². The lowest BCUT2D eigenvalue weighted by molar-refractivity contribution is -0.146. The molecule has 0 aromatic carbocycles. The first kappa shape index (κ1) is 38.4. The van der Waals surface area contributed by atoms with Crippen LogP contribution in [0.15, 0.2) is 0 Å². The van der Waals surface area contributed by atoms with Gasteiger partial charge in [0.15, 0.2) is 0 Å². The van der Waals surface area contributed by atoms with Crippen molar-refractivity contribution < 1.29 is 14.6 Å². The van der Waals surface area contributed by atoms with Crippen molar-refractivity contribution in [3.05, 3.63) is 0 Å². The van der Waals surface area contributed by atoms with Crippen LogP contribution in [0.2, 0.25) is 0 Å². The van der Waals surface area contributed by atoms with Crippen LogP contribution in [0, 0.1) is 5.92 Å². The van der Waals surface area contributed by atoms with E-state index < -0.39 is 6.10 Å². The highest BCUT2D eigenvalue weighted by Gasteiger charge is 2.09. The Bertz CT molecular complexity index is 476. The summed E-state index contributed by atoms with van der Waals surface area (Å²) >= 11 is 0. The Kier molecular flexibility index (Phi) is 31.5. The van der Waals surface area contributed by atoms with Crippen LogP contribution in [0.4, 0.5) is 0 Å². The number of rotatable bonds is 32. The zero-order valence-electron chi connectivity index (χ0n) is 27.1. The Morgan fingerprint density at radius 3 is 1.23 bits per heavy atom. The van der Waals surface area contributed by atoms with E-state index in [1.807, 2.05) is 0 Å². The largest absolute Gasteiger partial charge is 0.463 e. The first-order chi connectivity index (χ1) is 19.1. The summed E-state index contributed by atoms with van der Waals surface area (Å²) in [5, 5.41) is 10.1. The topological polar surface area (TPSA) is 46.5 Å². The molecule has 0 aromatic rings. The predicted octanol–water partition coefficient (Wildman–Crippen LogP) is 11.9. The molecule has 0 aliphatic rings. The number of unbranched alkanes of at least 4 members (excludes halogenated alkanes) is 24. The van der Waals surface area contributed by atoms with Crippen molar-refractivity contribution in [3.8, 4) is 0 Å². The summed E-state index contributed by atoms with van der Waals surface area (Å²) in [7, 11) is 0. The van der Waals surface area contributed by atoms with Gasteiger partial charge in [0.25, 0.3) is 0 Å². The SMILES string of the molecule is CCCCCCCCCCCCCCCCC(O)COC(=O)CCCCCCCCCCCCCCC(C)C. The van der Waals surface area contributed by atoms with Crippen LogP contribution in [0.3, 0.4) is 0 Å². The number of esters is 1. The van der Waals surface area contributed by atoms with E-state index in [0.29, 0.717) is 6.42 Å². The molecule has 1 unspecified atom stereocenters. The molecule has 3 nitrogen and oxygen atoms in total. The number of carbonyl (C=O) groups is 1. The first-order valence-electron chi connectivity index (χ1n) is 17.9. The Morgan fingerprint density at radius 2 is 0.846 bits per heavy atom. The zero-order chi connectivity index (χ0) is 28.7. The fourth-order valence-electron chi connectivity index (χ4n) is 5.51. The van der Waals surface area contributed by atoms with Crippen molar-refractivity contribution in [1.29, 1.82) is 0 Å². The zero-order valence-corrected chi connectivity index (χ0v) is 27.1. The van der Waals surface area contributed by atoms with Crippen molar-refractivity contribution in [2.45, 2.75) is 213 Å². The van der Waals surface area contributed by atoms with Gasteiger partial charge in [-0.15, -0.1) is 0 Å². The average Bonchev–Trinajstić information content (AvgIpc) is 2.92. The third-order valence-electron chi connectivity index (χ3n) is 8.24. The van der Waals surface area contributed by atoms with Crippen molar-refractivity contribution in [2.24, 2.45) is 5.92 Å². The van der Waals surface area contributed by atoms with Crippen LogP contribution < -0.4 is 0 Å². The highest BCUT2D eigenvalue weighted by molar-refractivity contribution is 5.69. The van der Waals surface area contributed by atoms with E-state index in [-0.39, 0.29) is 12.6 Å². The summed E-state index contributed by atoms with van der Waals surface area (Å²) in [4.78, 5) is 12.0. The standard InChI is InChI=1S/C36H72O3/c1-4-5-6-7-8-9-10-11-12-16-19-22-25-28-31-35(37)33-39-36(38)32-29-26-23-20-17-14-13-15-18-21-24-27-30-34(2)3/h34-35,37H,4-33H2,1-3H3. The van der Waals surface area contributed by atoms with Gasteiger partial charge in [-0.3, -0.25) is 4.79 Å². The lowest BCUT2D eigenvalue weighted by Crippen LogP contribution is -2.18. The van der Waals surface area contributed by atoms with Gasteiger partial charge in [0, 0.05) is 6.42 Å².